The van der Waals surface area contributed by atoms with E-state index in [2.05, 4.69) is 131 Å². The van der Waals surface area contributed by atoms with Crippen molar-refractivity contribution in [2.24, 2.45) is 9.98 Å². The Labute approximate surface area is 375 Å². The number of rotatable bonds is 10. The van der Waals surface area contributed by atoms with Gasteiger partial charge in [0.2, 0.25) is 0 Å². The molecular weight excluding hydrogens is 810 g/mol. The van der Waals surface area contributed by atoms with Crippen molar-refractivity contribution >= 4 is 24.5 Å². The number of hydrogen-bond acceptors (Lipinski definition) is 7. The van der Waals surface area contributed by atoms with Gasteiger partial charge in [0, 0.05) is 58.7 Å². The van der Waals surface area contributed by atoms with Gasteiger partial charge in [0.15, 0.2) is 0 Å². The van der Waals surface area contributed by atoms with Crippen LogP contribution in [0.3, 0.4) is 0 Å². The monoisotopic (exact) mass is 881 g/mol. The van der Waals surface area contributed by atoms with Gasteiger partial charge in [-0.15, -0.1) is 0 Å². The van der Waals surface area contributed by atoms with Gasteiger partial charge in [0.25, 0.3) is 0 Å². The molecule has 0 aromatic heterocycles. The van der Waals surface area contributed by atoms with Gasteiger partial charge in [-0.05, 0) is 76.3 Å². The largest absolute Gasteiger partial charge is 0.507 e. The number of carboxylic acid groups (broad SMARTS) is 2. The summed E-state index contributed by atoms with van der Waals surface area (Å²) in [4.78, 5) is 24.0. The van der Waals surface area contributed by atoms with Crippen molar-refractivity contribution < 1.29 is 46.6 Å². The Bertz CT molecular complexity index is 2020. The molecule has 2 heterocycles. The SMILES string of the molecule is CC(C)(C)c1cc(C=NC2CCCCC2N=Cc2cc(C(C)(C)C)cc(C(C)(C)C)c2O)c(O)c(CCCN2CCC[N+]3=C2N(Cc2ccccc2)CCC3)c1.O=C(O)O.[Co]. The quantitative estimate of drug-likeness (QED) is 0.118. The fourth-order valence-electron chi connectivity index (χ4n) is 8.64. The number of carbonyl (C=O) groups is 1. The Kier molecular flexibility index (Phi) is 17.1. The van der Waals surface area contributed by atoms with Crippen molar-refractivity contribution in [1.82, 2.24) is 9.80 Å². The minimum absolute atomic E-state index is 0. The Morgan fingerprint density at radius 1 is 0.721 bits per heavy atom. The molecule has 335 valence electrons. The van der Waals surface area contributed by atoms with Gasteiger partial charge in [-0.25, -0.2) is 4.79 Å². The topological polar surface area (TPSA) is 132 Å². The summed E-state index contributed by atoms with van der Waals surface area (Å²) in [7, 11) is 0. The van der Waals surface area contributed by atoms with Crippen molar-refractivity contribution in [3.63, 3.8) is 0 Å². The molecule has 11 heteroatoms. The molecule has 61 heavy (non-hydrogen) atoms. The molecule has 0 spiro atoms. The van der Waals surface area contributed by atoms with Gasteiger partial charge in [0.05, 0.1) is 51.4 Å². The summed E-state index contributed by atoms with van der Waals surface area (Å²) in [5.41, 5.74) is 6.98. The molecule has 2 unspecified atom stereocenters. The van der Waals surface area contributed by atoms with Crippen LogP contribution in [-0.4, -0.2) is 104 Å². The molecule has 4 N–H and O–H groups in total. The van der Waals surface area contributed by atoms with E-state index in [9.17, 15) is 10.2 Å². The van der Waals surface area contributed by atoms with Gasteiger partial charge in [-0.1, -0.05) is 118 Å². The molecular formula is C50H72CoN5O5+. The van der Waals surface area contributed by atoms with E-state index in [1.54, 1.807) is 0 Å². The number of aromatic hydroxyl groups is 2. The standard InChI is InChI=1S/C49H69N5O2.CH2O3.Co/c1-47(2,3)39-28-36(20-15-23-52-24-16-25-53-26-17-27-54(46(52)53)34-35-18-11-10-12-19-35)44(55)37(29-39)32-50-42-21-13-14-22-43(42)51-33-38-30-40(48(4,5)6)31-41(45(38)56)49(7,8)9;2-1(3)4;/h10-12,18-19,28-33,42-43H,13-17,20-27,34H2,1-9H3,(H-,50,51,55,56);(H2,2,3,4);/p+1. The minimum atomic E-state index is -1.83. The first-order chi connectivity index (χ1) is 28.2. The number of aryl methyl sites for hydroxylation is 1. The maximum absolute atomic E-state index is 11.8. The van der Waals surface area contributed by atoms with Crippen LogP contribution in [-0.2, 0) is 46.0 Å². The smallest absolute Gasteiger partial charge is 0.503 e. The Morgan fingerprint density at radius 2 is 1.23 bits per heavy atom. The fraction of sp³-hybridized carbons (Fsp3) is 0.560. The zero-order valence-electron chi connectivity index (χ0n) is 38.2. The molecule has 1 fully saturated rings. The van der Waals surface area contributed by atoms with E-state index < -0.39 is 6.16 Å². The average Bonchev–Trinajstić information content (AvgIpc) is 3.17. The second-order valence-electron chi connectivity index (χ2n) is 20.0. The molecule has 3 aromatic rings. The van der Waals surface area contributed by atoms with E-state index in [1.165, 1.54) is 35.5 Å². The van der Waals surface area contributed by atoms with Crippen LogP contribution in [0.1, 0.15) is 146 Å². The zero-order valence-corrected chi connectivity index (χ0v) is 39.2. The number of aliphatic imine (C=N–C) groups is 2. The van der Waals surface area contributed by atoms with Crippen LogP contribution in [0.5, 0.6) is 11.5 Å². The first kappa shape index (κ1) is 49.3. The molecule has 1 aliphatic carbocycles. The van der Waals surface area contributed by atoms with Crippen LogP contribution in [0.25, 0.3) is 0 Å². The van der Waals surface area contributed by atoms with Crippen molar-refractivity contribution in [3.05, 3.63) is 93.5 Å². The predicted molar refractivity (Wildman–Crippen MR) is 245 cm³/mol. The molecule has 10 nitrogen and oxygen atoms in total. The third-order valence-electron chi connectivity index (χ3n) is 12.1. The van der Waals surface area contributed by atoms with E-state index in [1.807, 2.05) is 12.4 Å². The summed E-state index contributed by atoms with van der Waals surface area (Å²) >= 11 is 0. The molecule has 0 amide bonds. The number of phenols is 2. The summed E-state index contributed by atoms with van der Waals surface area (Å²) in [6.07, 6.45) is 10.3. The number of nitrogens with zero attached hydrogens (tertiary/aromatic N) is 5. The van der Waals surface area contributed by atoms with E-state index in [0.717, 1.165) is 100 Å². The van der Waals surface area contributed by atoms with Crippen molar-refractivity contribution in [2.45, 2.75) is 149 Å². The predicted octanol–water partition coefficient (Wildman–Crippen LogP) is 9.97. The van der Waals surface area contributed by atoms with Gasteiger partial charge >= 0.3 is 12.1 Å². The summed E-state index contributed by atoms with van der Waals surface area (Å²) in [5.74, 6) is 2.07. The molecule has 0 bridgehead atoms. The van der Waals surface area contributed by atoms with Gasteiger partial charge < -0.3 is 20.4 Å². The summed E-state index contributed by atoms with van der Waals surface area (Å²) in [6.45, 7) is 26.2. The van der Waals surface area contributed by atoms with Crippen LogP contribution in [0, 0.1) is 0 Å². The number of phenolic OH excluding ortho intramolecular Hbond substituents is 2. The van der Waals surface area contributed by atoms with Crippen LogP contribution < -0.4 is 0 Å². The molecule has 2 atom stereocenters. The van der Waals surface area contributed by atoms with Gasteiger partial charge in [-0.3, -0.25) is 24.4 Å². The van der Waals surface area contributed by atoms with Crippen LogP contribution in [0.15, 0.2) is 64.6 Å². The normalized spacial score (nSPS) is 18.8. The van der Waals surface area contributed by atoms with Crippen LogP contribution >= 0.6 is 0 Å². The first-order valence-electron chi connectivity index (χ1n) is 22.1. The van der Waals surface area contributed by atoms with E-state index in [0.29, 0.717) is 11.5 Å². The fourth-order valence-corrected chi connectivity index (χ4v) is 8.64. The maximum atomic E-state index is 11.8. The third kappa shape index (κ3) is 13.6. The van der Waals surface area contributed by atoms with E-state index >= 15 is 0 Å². The molecule has 1 saturated carbocycles. The van der Waals surface area contributed by atoms with Crippen molar-refractivity contribution in [1.29, 1.82) is 0 Å². The average molecular weight is 882 g/mol. The molecule has 2 aliphatic heterocycles. The molecule has 1 radical (unpaired) electrons. The second-order valence-corrected chi connectivity index (χ2v) is 20.0. The van der Waals surface area contributed by atoms with Gasteiger partial charge in [-0.2, -0.15) is 0 Å². The third-order valence-corrected chi connectivity index (χ3v) is 12.1. The Balaban J connectivity index is 0.00000157. The van der Waals surface area contributed by atoms with Crippen LogP contribution in [0.4, 0.5) is 4.79 Å². The van der Waals surface area contributed by atoms with E-state index in [4.69, 9.17) is 25.0 Å². The van der Waals surface area contributed by atoms with Crippen molar-refractivity contribution in [3.8, 4) is 11.5 Å². The summed E-state index contributed by atoms with van der Waals surface area (Å²) in [6, 6.07) is 19.5. The Morgan fingerprint density at radius 3 is 1.75 bits per heavy atom. The summed E-state index contributed by atoms with van der Waals surface area (Å²) in [5, 5.41) is 37.1. The zero-order chi connectivity index (χ0) is 43.8. The number of hydrogen-bond donors (Lipinski definition) is 4. The molecule has 3 aromatic carbocycles. The number of benzene rings is 3. The molecule has 3 aliphatic rings. The van der Waals surface area contributed by atoms with E-state index in [-0.39, 0.29) is 45.1 Å². The van der Waals surface area contributed by atoms with Gasteiger partial charge in [0.1, 0.15) is 11.5 Å². The minimum Gasteiger partial charge on any atom is -0.507 e. The molecule has 0 saturated heterocycles. The summed E-state index contributed by atoms with van der Waals surface area (Å²) < 4.78 is 2.60. The second kappa shape index (κ2) is 21.1. The van der Waals surface area contributed by atoms with Crippen LogP contribution in [0.2, 0.25) is 0 Å². The molecule has 6 rings (SSSR count). The number of guanidine groups is 1. The first-order valence-corrected chi connectivity index (χ1v) is 22.1. The Hall–Kier alpha value is -4.35. The van der Waals surface area contributed by atoms with Crippen molar-refractivity contribution in [2.75, 3.05) is 32.7 Å². The maximum Gasteiger partial charge on any atom is 0.503 e.